The minimum Gasteiger partial charge on any atom is -0.465 e. The van der Waals surface area contributed by atoms with Crippen LogP contribution in [-0.4, -0.2) is 25.2 Å². The number of unbranched alkanes of at least 4 members (excludes halogenated alkanes) is 14. The van der Waals surface area contributed by atoms with Gasteiger partial charge in [-0.25, -0.2) is 0 Å². The van der Waals surface area contributed by atoms with Gasteiger partial charge < -0.3 is 9.47 Å². The molecular weight excluding hydrogens is 496 g/mol. The topological polar surface area (TPSA) is 52.6 Å². The minimum absolute atomic E-state index is 0.00725. The molecule has 0 aromatic heterocycles. The fourth-order valence-corrected chi connectivity index (χ4v) is 5.48. The monoisotopic (exact) mass is 567 g/mol. The van der Waals surface area contributed by atoms with Gasteiger partial charge in [0.1, 0.15) is 0 Å². The SMILES string of the molecule is CCCCC(C)C(=O)OCCCCCCCCCC(CCCCCCCCCOC(=O)C(C)CCCC)C(C)C. The van der Waals surface area contributed by atoms with Crippen molar-refractivity contribution < 1.29 is 19.1 Å². The summed E-state index contributed by atoms with van der Waals surface area (Å²) in [4.78, 5) is 23.9. The first-order valence-electron chi connectivity index (χ1n) is 17.7. The summed E-state index contributed by atoms with van der Waals surface area (Å²) in [6, 6.07) is 0. The molecule has 0 bridgehead atoms. The van der Waals surface area contributed by atoms with Crippen molar-refractivity contribution in [3.8, 4) is 0 Å². The van der Waals surface area contributed by atoms with Crippen LogP contribution in [0.15, 0.2) is 0 Å². The molecule has 0 heterocycles. The van der Waals surface area contributed by atoms with Crippen LogP contribution in [0.25, 0.3) is 0 Å². The Morgan fingerprint density at radius 2 is 0.775 bits per heavy atom. The van der Waals surface area contributed by atoms with E-state index in [9.17, 15) is 9.59 Å². The number of carbonyl (C=O) groups is 2. The second-order valence-electron chi connectivity index (χ2n) is 13.0. The molecule has 0 N–H and O–H groups in total. The number of hydrogen-bond donors (Lipinski definition) is 0. The van der Waals surface area contributed by atoms with Gasteiger partial charge in [-0.15, -0.1) is 0 Å². The second-order valence-corrected chi connectivity index (χ2v) is 13.0. The summed E-state index contributed by atoms with van der Waals surface area (Å²) < 4.78 is 10.9. The van der Waals surface area contributed by atoms with Crippen molar-refractivity contribution in [1.29, 1.82) is 0 Å². The van der Waals surface area contributed by atoms with Crippen LogP contribution in [0.4, 0.5) is 0 Å². The van der Waals surface area contributed by atoms with E-state index >= 15 is 0 Å². The first-order valence-corrected chi connectivity index (χ1v) is 17.7. The Hall–Kier alpha value is -1.06. The standard InChI is InChI=1S/C36H70O4/c1-7-9-25-32(5)35(37)39-29-23-19-15-11-13-17-21-27-34(31(3)4)28-22-18-14-12-16-20-24-30-40-36(38)33(6)26-10-8-2/h31-34H,7-30H2,1-6H3. The smallest absolute Gasteiger partial charge is 0.308 e. The molecule has 2 atom stereocenters. The van der Waals surface area contributed by atoms with Gasteiger partial charge in [-0.3, -0.25) is 9.59 Å². The van der Waals surface area contributed by atoms with Gasteiger partial charge in [0.25, 0.3) is 0 Å². The number of carbonyl (C=O) groups excluding carboxylic acids is 2. The van der Waals surface area contributed by atoms with Gasteiger partial charge in [0.2, 0.25) is 0 Å². The molecule has 0 aliphatic carbocycles. The first-order chi connectivity index (χ1) is 19.3. The zero-order valence-electron chi connectivity index (χ0n) is 27.9. The summed E-state index contributed by atoms with van der Waals surface area (Å²) in [6.45, 7) is 14.3. The van der Waals surface area contributed by atoms with Crippen molar-refractivity contribution in [2.24, 2.45) is 23.7 Å². The van der Waals surface area contributed by atoms with E-state index in [0.29, 0.717) is 13.2 Å². The molecule has 2 unspecified atom stereocenters. The first kappa shape index (κ1) is 38.9. The lowest BCUT2D eigenvalue weighted by molar-refractivity contribution is -0.149. The van der Waals surface area contributed by atoms with Crippen molar-refractivity contribution in [2.75, 3.05) is 13.2 Å². The largest absolute Gasteiger partial charge is 0.465 e. The molecule has 40 heavy (non-hydrogen) atoms. The summed E-state index contributed by atoms with van der Waals surface area (Å²) in [5, 5.41) is 0. The molecule has 0 spiro atoms. The van der Waals surface area contributed by atoms with Gasteiger partial charge in [0, 0.05) is 0 Å². The number of rotatable bonds is 29. The van der Waals surface area contributed by atoms with E-state index in [2.05, 4.69) is 27.7 Å². The van der Waals surface area contributed by atoms with Crippen LogP contribution in [0.1, 0.15) is 183 Å². The van der Waals surface area contributed by atoms with Crippen LogP contribution in [0.2, 0.25) is 0 Å². The lowest BCUT2D eigenvalue weighted by Crippen LogP contribution is -2.15. The second kappa shape index (κ2) is 28.1. The molecule has 4 heteroatoms. The normalized spacial score (nSPS) is 13.8. The highest BCUT2D eigenvalue weighted by Crippen LogP contribution is 2.25. The fraction of sp³-hybridized carbons (Fsp3) is 0.944. The molecule has 0 aliphatic heterocycles. The minimum atomic E-state index is -0.00725. The van der Waals surface area contributed by atoms with Crippen LogP contribution in [-0.2, 0) is 19.1 Å². The number of esters is 2. The van der Waals surface area contributed by atoms with Crippen LogP contribution in [0, 0.1) is 23.7 Å². The molecule has 0 amide bonds. The van der Waals surface area contributed by atoms with Crippen LogP contribution in [0.3, 0.4) is 0 Å². The summed E-state index contributed by atoms with van der Waals surface area (Å²) in [7, 11) is 0. The third-order valence-corrected chi connectivity index (χ3v) is 8.66. The van der Waals surface area contributed by atoms with Crippen molar-refractivity contribution in [3.05, 3.63) is 0 Å². The van der Waals surface area contributed by atoms with E-state index in [1.54, 1.807) is 0 Å². The van der Waals surface area contributed by atoms with E-state index in [-0.39, 0.29) is 23.8 Å². The van der Waals surface area contributed by atoms with Crippen LogP contribution in [0.5, 0.6) is 0 Å². The molecule has 0 fully saturated rings. The van der Waals surface area contributed by atoms with E-state index in [0.717, 1.165) is 63.2 Å². The van der Waals surface area contributed by atoms with Gasteiger partial charge in [-0.1, -0.05) is 157 Å². The summed E-state index contributed by atoms with van der Waals surface area (Å²) in [6.07, 6.45) is 26.9. The van der Waals surface area contributed by atoms with E-state index in [4.69, 9.17) is 9.47 Å². The highest BCUT2D eigenvalue weighted by molar-refractivity contribution is 5.72. The van der Waals surface area contributed by atoms with Gasteiger partial charge in [0.15, 0.2) is 0 Å². The highest BCUT2D eigenvalue weighted by atomic mass is 16.5. The van der Waals surface area contributed by atoms with Gasteiger partial charge >= 0.3 is 11.9 Å². The fourth-order valence-electron chi connectivity index (χ4n) is 5.48. The Morgan fingerprint density at radius 1 is 0.450 bits per heavy atom. The average Bonchev–Trinajstić information content (AvgIpc) is 2.94. The van der Waals surface area contributed by atoms with Crippen LogP contribution < -0.4 is 0 Å². The molecule has 0 rings (SSSR count). The highest BCUT2D eigenvalue weighted by Gasteiger charge is 2.15. The maximum Gasteiger partial charge on any atom is 0.308 e. The Morgan fingerprint density at radius 3 is 1.10 bits per heavy atom. The van der Waals surface area contributed by atoms with Gasteiger partial charge in [0.05, 0.1) is 25.0 Å². The Balaban J connectivity index is 3.60. The predicted molar refractivity (Wildman–Crippen MR) is 171 cm³/mol. The molecule has 4 nitrogen and oxygen atoms in total. The third-order valence-electron chi connectivity index (χ3n) is 8.66. The lowest BCUT2D eigenvalue weighted by atomic mass is 9.85. The molecule has 238 valence electrons. The average molecular weight is 567 g/mol. The Bertz CT molecular complexity index is 527. The molecular formula is C36H70O4. The van der Waals surface area contributed by atoms with Gasteiger partial charge in [-0.05, 0) is 37.5 Å². The zero-order valence-corrected chi connectivity index (χ0v) is 27.9. The lowest BCUT2D eigenvalue weighted by Gasteiger charge is -2.21. The number of ether oxygens (including phenoxy) is 2. The quantitative estimate of drug-likeness (QED) is 0.0667. The van der Waals surface area contributed by atoms with Gasteiger partial charge in [-0.2, -0.15) is 0 Å². The summed E-state index contributed by atoms with van der Waals surface area (Å²) in [5.74, 6) is 1.76. The summed E-state index contributed by atoms with van der Waals surface area (Å²) in [5.41, 5.74) is 0. The Labute approximate surface area is 250 Å². The molecule has 0 aliphatic rings. The van der Waals surface area contributed by atoms with E-state index in [1.165, 1.54) is 89.9 Å². The van der Waals surface area contributed by atoms with Crippen LogP contribution >= 0.6 is 0 Å². The van der Waals surface area contributed by atoms with Crippen molar-refractivity contribution in [2.45, 2.75) is 183 Å². The molecule has 0 aromatic rings. The molecule has 0 aromatic carbocycles. The summed E-state index contributed by atoms with van der Waals surface area (Å²) >= 11 is 0. The van der Waals surface area contributed by atoms with Crippen molar-refractivity contribution >= 4 is 11.9 Å². The van der Waals surface area contributed by atoms with Crippen molar-refractivity contribution in [3.63, 3.8) is 0 Å². The molecule has 0 saturated carbocycles. The van der Waals surface area contributed by atoms with E-state index in [1.807, 2.05) is 13.8 Å². The van der Waals surface area contributed by atoms with E-state index < -0.39 is 0 Å². The molecule has 0 radical (unpaired) electrons. The Kier molecular flexibility index (Phi) is 27.3. The predicted octanol–water partition coefficient (Wildman–Crippen LogP) is 11.2. The maximum absolute atomic E-state index is 11.9. The maximum atomic E-state index is 11.9. The van der Waals surface area contributed by atoms with Crippen molar-refractivity contribution in [1.82, 2.24) is 0 Å². The molecule has 0 saturated heterocycles. The zero-order chi connectivity index (χ0) is 29.8. The number of hydrogen-bond acceptors (Lipinski definition) is 4. The third kappa shape index (κ3) is 23.6.